The monoisotopic (exact) mass is 426 g/mol. The first kappa shape index (κ1) is 19.7. The van der Waals surface area contributed by atoms with Gasteiger partial charge in [-0.05, 0) is 67.2 Å². The van der Waals surface area contributed by atoms with Gasteiger partial charge in [-0.1, -0.05) is 6.07 Å². The van der Waals surface area contributed by atoms with Gasteiger partial charge in [-0.2, -0.15) is 4.98 Å². The number of hydrogen-bond acceptors (Lipinski definition) is 7. The summed E-state index contributed by atoms with van der Waals surface area (Å²) in [5.41, 5.74) is 6.10. The highest BCUT2D eigenvalue weighted by molar-refractivity contribution is 7.93. The van der Waals surface area contributed by atoms with Gasteiger partial charge in [0.2, 0.25) is 15.8 Å². The Kier molecular flexibility index (Phi) is 5.62. The molecule has 0 atom stereocenters. The Morgan fingerprint density at radius 3 is 2.50 bits per heavy atom. The maximum absolute atomic E-state index is 13.5. The standard InChI is InChI=1S/C18H23FN4O3S2/c1-26-9-4-10-28(24,25)18-21-17(23(22-18)27-19)20-16-14-7-2-5-12(14)11-13-6-3-8-15(13)16/h11H,2-10H2,1H3,(H,20,21,22). The van der Waals surface area contributed by atoms with Gasteiger partial charge in [0.25, 0.3) is 5.16 Å². The quantitative estimate of drug-likeness (QED) is 0.649. The fourth-order valence-corrected chi connectivity index (χ4v) is 5.52. The van der Waals surface area contributed by atoms with Gasteiger partial charge in [0, 0.05) is 19.4 Å². The highest BCUT2D eigenvalue weighted by atomic mass is 32.2. The number of fused-ring (bicyclic) bond motifs is 2. The van der Waals surface area contributed by atoms with Crippen molar-refractivity contribution in [3.63, 3.8) is 0 Å². The second-order valence-electron chi connectivity index (χ2n) is 7.18. The molecule has 1 aromatic carbocycles. The van der Waals surface area contributed by atoms with Gasteiger partial charge in [-0.15, -0.1) is 13.1 Å². The number of nitrogens with one attached hydrogen (secondary N) is 1. The lowest BCUT2D eigenvalue weighted by Crippen LogP contribution is -2.11. The topological polar surface area (TPSA) is 86.1 Å². The molecule has 4 rings (SSSR count). The van der Waals surface area contributed by atoms with Crippen molar-refractivity contribution < 1.29 is 17.0 Å². The molecular weight excluding hydrogens is 403 g/mol. The molecule has 152 valence electrons. The zero-order chi connectivity index (χ0) is 19.7. The van der Waals surface area contributed by atoms with Crippen LogP contribution in [0.1, 0.15) is 41.5 Å². The molecule has 0 bridgehead atoms. The first-order valence-corrected chi connectivity index (χ1v) is 11.8. The normalized spacial score (nSPS) is 15.6. The third kappa shape index (κ3) is 3.65. The van der Waals surface area contributed by atoms with E-state index < -0.39 is 9.84 Å². The van der Waals surface area contributed by atoms with Crippen LogP contribution >= 0.6 is 12.3 Å². The van der Waals surface area contributed by atoms with Crippen LogP contribution in [0.4, 0.5) is 15.5 Å². The molecule has 0 spiro atoms. The minimum atomic E-state index is -3.70. The number of aromatic nitrogens is 3. The van der Waals surface area contributed by atoms with Crippen molar-refractivity contribution in [3.05, 3.63) is 28.3 Å². The van der Waals surface area contributed by atoms with E-state index in [2.05, 4.69) is 21.5 Å². The Labute approximate surface area is 168 Å². The molecule has 28 heavy (non-hydrogen) atoms. The van der Waals surface area contributed by atoms with Crippen LogP contribution in [0.15, 0.2) is 11.2 Å². The predicted molar refractivity (Wildman–Crippen MR) is 106 cm³/mol. The molecule has 1 aromatic heterocycles. The maximum atomic E-state index is 13.5. The van der Waals surface area contributed by atoms with E-state index in [4.69, 9.17) is 4.74 Å². The molecule has 0 fully saturated rings. The summed E-state index contributed by atoms with van der Waals surface area (Å²) in [6.45, 7) is 0.325. The van der Waals surface area contributed by atoms with E-state index in [9.17, 15) is 12.3 Å². The Morgan fingerprint density at radius 2 is 1.89 bits per heavy atom. The number of nitrogens with zero attached hydrogens (tertiary/aromatic N) is 3. The molecule has 10 heteroatoms. The minimum absolute atomic E-state index is 0.104. The van der Waals surface area contributed by atoms with Crippen molar-refractivity contribution in [2.45, 2.75) is 50.1 Å². The summed E-state index contributed by atoms with van der Waals surface area (Å²) in [7, 11) is -2.19. The molecule has 7 nitrogen and oxygen atoms in total. The molecule has 0 saturated carbocycles. The fraction of sp³-hybridized carbons (Fsp3) is 0.556. The fourth-order valence-electron chi connectivity index (χ4n) is 4.10. The molecule has 2 aliphatic rings. The second-order valence-corrected chi connectivity index (χ2v) is 9.67. The van der Waals surface area contributed by atoms with E-state index in [0.717, 1.165) is 48.3 Å². The molecule has 1 N–H and O–H groups in total. The van der Waals surface area contributed by atoms with Crippen LogP contribution in [0.2, 0.25) is 0 Å². The molecule has 2 aromatic rings. The van der Waals surface area contributed by atoms with Crippen LogP contribution in [-0.4, -0.2) is 42.1 Å². The van der Waals surface area contributed by atoms with Gasteiger partial charge < -0.3 is 10.1 Å². The summed E-state index contributed by atoms with van der Waals surface area (Å²) in [6, 6.07) is 2.30. The van der Waals surface area contributed by atoms with E-state index >= 15 is 0 Å². The molecular formula is C18H23FN4O3S2. The molecule has 2 aliphatic carbocycles. The molecule has 0 amide bonds. The molecule has 1 heterocycles. The number of halogens is 1. The van der Waals surface area contributed by atoms with Crippen molar-refractivity contribution >= 4 is 33.8 Å². The number of hydrogen-bond donors (Lipinski definition) is 1. The smallest absolute Gasteiger partial charge is 0.269 e. The zero-order valence-electron chi connectivity index (χ0n) is 15.7. The van der Waals surface area contributed by atoms with E-state index in [-0.39, 0.29) is 29.2 Å². The number of anilines is 2. The summed E-state index contributed by atoms with van der Waals surface area (Å²) >= 11 is -0.162. The number of sulfone groups is 1. The van der Waals surface area contributed by atoms with E-state index in [0.29, 0.717) is 13.0 Å². The average molecular weight is 427 g/mol. The van der Waals surface area contributed by atoms with E-state index in [1.807, 2.05) is 0 Å². The number of rotatable bonds is 8. The van der Waals surface area contributed by atoms with Crippen molar-refractivity contribution in [1.29, 1.82) is 0 Å². The van der Waals surface area contributed by atoms with Crippen LogP contribution in [0.3, 0.4) is 0 Å². The molecule has 0 saturated heterocycles. The van der Waals surface area contributed by atoms with Gasteiger partial charge in [0.15, 0.2) is 12.3 Å². The summed E-state index contributed by atoms with van der Waals surface area (Å²) in [5.74, 6) is -0.0376. The zero-order valence-corrected chi connectivity index (χ0v) is 17.3. The summed E-state index contributed by atoms with van der Waals surface area (Å²) < 4.78 is 44.2. The maximum Gasteiger partial charge on any atom is 0.269 e. The average Bonchev–Trinajstić information content (AvgIpc) is 3.40. The van der Waals surface area contributed by atoms with Crippen LogP contribution in [0.25, 0.3) is 0 Å². The second kappa shape index (κ2) is 8.00. The van der Waals surface area contributed by atoms with Gasteiger partial charge in [-0.25, -0.2) is 8.42 Å². The van der Waals surface area contributed by atoms with Crippen molar-refractivity contribution in [2.75, 3.05) is 24.8 Å². The summed E-state index contributed by atoms with van der Waals surface area (Å²) in [6.07, 6.45) is 6.53. The van der Waals surface area contributed by atoms with Crippen molar-refractivity contribution in [3.8, 4) is 0 Å². The van der Waals surface area contributed by atoms with Crippen LogP contribution in [-0.2, 0) is 40.3 Å². The highest BCUT2D eigenvalue weighted by Gasteiger charge is 2.27. The molecule has 0 radical (unpaired) electrons. The third-order valence-electron chi connectivity index (χ3n) is 5.37. The Balaban J connectivity index is 1.68. The number of aryl methyl sites for hydroxylation is 2. The lowest BCUT2D eigenvalue weighted by molar-refractivity contribution is 0.199. The molecule has 0 aliphatic heterocycles. The van der Waals surface area contributed by atoms with Crippen molar-refractivity contribution in [1.82, 2.24) is 14.2 Å². The van der Waals surface area contributed by atoms with Crippen LogP contribution < -0.4 is 5.32 Å². The van der Waals surface area contributed by atoms with E-state index in [1.54, 1.807) is 0 Å². The Morgan fingerprint density at radius 1 is 1.21 bits per heavy atom. The summed E-state index contributed by atoms with van der Waals surface area (Å²) in [4.78, 5) is 4.13. The van der Waals surface area contributed by atoms with Gasteiger partial charge in [-0.3, -0.25) is 0 Å². The van der Waals surface area contributed by atoms with E-state index in [1.165, 1.54) is 29.4 Å². The highest BCUT2D eigenvalue weighted by Crippen LogP contribution is 2.40. The number of ether oxygens (including phenoxy) is 1. The first-order valence-electron chi connectivity index (χ1n) is 9.45. The lowest BCUT2D eigenvalue weighted by Gasteiger charge is -2.16. The third-order valence-corrected chi connectivity index (χ3v) is 7.31. The minimum Gasteiger partial charge on any atom is -0.385 e. The Hall–Kier alpha value is -1.65. The number of benzene rings is 1. The number of methoxy groups -OCH3 is 1. The predicted octanol–water partition coefficient (Wildman–Crippen LogP) is 3.19. The van der Waals surface area contributed by atoms with Gasteiger partial charge in [0.05, 0.1) is 5.75 Å². The molecule has 0 unspecified atom stereocenters. The SMILES string of the molecule is COCCCS(=O)(=O)c1nc(Nc2c3c(cc4c2CCC4)CCC3)n(SF)n1. The van der Waals surface area contributed by atoms with Gasteiger partial charge >= 0.3 is 0 Å². The summed E-state index contributed by atoms with van der Waals surface area (Å²) in [5, 5.41) is 6.73. The van der Waals surface area contributed by atoms with Crippen molar-refractivity contribution in [2.24, 2.45) is 0 Å². The Bertz CT molecular complexity index is 959. The largest absolute Gasteiger partial charge is 0.385 e. The lowest BCUT2D eigenvalue weighted by atomic mass is 9.99. The van der Waals surface area contributed by atoms with Gasteiger partial charge in [0.1, 0.15) is 0 Å². The van der Waals surface area contributed by atoms with Crippen LogP contribution in [0, 0.1) is 0 Å². The van der Waals surface area contributed by atoms with Crippen LogP contribution in [0.5, 0.6) is 0 Å². The first-order chi connectivity index (χ1) is 13.5.